The molecule has 0 aromatic carbocycles. The van der Waals surface area contributed by atoms with E-state index >= 15 is 0 Å². The summed E-state index contributed by atoms with van der Waals surface area (Å²) in [6.45, 7) is 8.57. The number of hydrogen-bond acceptors (Lipinski definition) is 2. The normalized spacial score (nSPS) is 14.7. The van der Waals surface area contributed by atoms with E-state index in [9.17, 15) is 9.59 Å². The molecule has 0 aliphatic carbocycles. The Kier molecular flexibility index (Phi) is 3.85. The van der Waals surface area contributed by atoms with Crippen molar-refractivity contribution in [1.29, 1.82) is 0 Å². The fourth-order valence-electron chi connectivity index (χ4n) is 1.25. The molecular weight excluding hydrogens is 168 g/mol. The summed E-state index contributed by atoms with van der Waals surface area (Å²) in [5.74, 6) is -1.03. The fourth-order valence-corrected chi connectivity index (χ4v) is 1.25. The molecule has 0 aromatic heterocycles. The first-order valence-electron chi connectivity index (χ1n) is 4.25. The second-order valence-electron chi connectivity index (χ2n) is 3.58. The van der Waals surface area contributed by atoms with Crippen LogP contribution in [0.1, 0.15) is 33.6 Å². The van der Waals surface area contributed by atoms with Crippen LogP contribution in [-0.2, 0) is 9.59 Å². The third-order valence-corrected chi connectivity index (χ3v) is 2.41. The zero-order chi connectivity index (χ0) is 10.6. The number of aliphatic carboxylic acids is 1. The second kappa shape index (κ2) is 4.21. The summed E-state index contributed by atoms with van der Waals surface area (Å²) in [6, 6.07) is 0. The summed E-state index contributed by atoms with van der Waals surface area (Å²) in [5.41, 5.74) is -0.484. The lowest BCUT2D eigenvalue weighted by Gasteiger charge is -2.26. The van der Waals surface area contributed by atoms with Crippen molar-refractivity contribution in [3.8, 4) is 0 Å². The predicted octanol–water partition coefficient (Wildman–Crippen LogP) is 2.02. The molecule has 0 fully saturated rings. The third kappa shape index (κ3) is 3.01. The molecule has 0 aliphatic rings. The number of carboxylic acids is 1. The highest BCUT2D eigenvalue weighted by Gasteiger charge is 2.31. The van der Waals surface area contributed by atoms with Crippen molar-refractivity contribution >= 4 is 11.8 Å². The van der Waals surface area contributed by atoms with Gasteiger partial charge >= 0.3 is 5.97 Å². The molecule has 1 atom stereocenters. The van der Waals surface area contributed by atoms with Crippen LogP contribution >= 0.6 is 0 Å². The van der Waals surface area contributed by atoms with Crippen LogP contribution in [0.4, 0.5) is 0 Å². The second-order valence-corrected chi connectivity index (χ2v) is 3.58. The molecule has 0 amide bonds. The lowest BCUT2D eigenvalue weighted by molar-refractivity contribution is -0.134. The molecule has 0 aromatic rings. The molecule has 0 radical (unpaired) electrons. The maximum Gasteiger partial charge on any atom is 0.331 e. The highest BCUT2D eigenvalue weighted by atomic mass is 16.4. The first-order chi connectivity index (χ1) is 5.83. The number of carbonyl (C=O) groups is 2. The number of carboxylic acid groups (broad SMARTS) is 1. The Bertz CT molecular complexity index is 243. The van der Waals surface area contributed by atoms with Gasteiger partial charge < -0.3 is 5.11 Å². The van der Waals surface area contributed by atoms with Gasteiger partial charge in [-0.15, -0.1) is 0 Å². The van der Waals surface area contributed by atoms with Gasteiger partial charge in [0, 0.05) is 17.4 Å². The highest BCUT2D eigenvalue weighted by Crippen LogP contribution is 2.33. The van der Waals surface area contributed by atoms with E-state index in [0.29, 0.717) is 6.42 Å². The van der Waals surface area contributed by atoms with Crippen LogP contribution in [0.25, 0.3) is 0 Å². The average Bonchev–Trinajstić information content (AvgIpc) is 2.01. The van der Waals surface area contributed by atoms with Crippen molar-refractivity contribution < 1.29 is 14.7 Å². The molecule has 0 heterocycles. The summed E-state index contributed by atoms with van der Waals surface area (Å²) in [6.07, 6.45) is 0.854. The van der Waals surface area contributed by atoms with Gasteiger partial charge in [0.2, 0.25) is 0 Å². The maximum absolute atomic E-state index is 10.9. The van der Waals surface area contributed by atoms with Gasteiger partial charge in [0.15, 0.2) is 0 Å². The van der Waals surface area contributed by atoms with Crippen LogP contribution in [0.2, 0.25) is 0 Å². The van der Waals surface area contributed by atoms with Gasteiger partial charge in [0.1, 0.15) is 5.78 Å². The monoisotopic (exact) mass is 184 g/mol. The molecule has 74 valence electrons. The molecule has 1 N–H and O–H groups in total. The van der Waals surface area contributed by atoms with E-state index in [1.807, 2.05) is 6.92 Å². The Morgan fingerprint density at radius 3 is 2.15 bits per heavy atom. The van der Waals surface area contributed by atoms with Crippen LogP contribution in [0, 0.1) is 5.41 Å². The van der Waals surface area contributed by atoms with E-state index in [1.54, 1.807) is 6.92 Å². The lowest BCUT2D eigenvalue weighted by Crippen LogP contribution is -2.25. The van der Waals surface area contributed by atoms with Crippen molar-refractivity contribution in [3.63, 3.8) is 0 Å². The minimum Gasteiger partial charge on any atom is -0.478 e. The third-order valence-electron chi connectivity index (χ3n) is 2.41. The number of ketones is 1. The summed E-state index contributed by atoms with van der Waals surface area (Å²) in [4.78, 5) is 21.6. The summed E-state index contributed by atoms with van der Waals surface area (Å²) >= 11 is 0. The maximum atomic E-state index is 10.9. The number of carbonyl (C=O) groups excluding carboxylic acids is 1. The van der Waals surface area contributed by atoms with E-state index in [2.05, 4.69) is 6.58 Å². The summed E-state index contributed by atoms with van der Waals surface area (Å²) in [5, 5.41) is 8.75. The lowest BCUT2D eigenvalue weighted by atomic mass is 9.76. The first-order valence-corrected chi connectivity index (χ1v) is 4.25. The minimum absolute atomic E-state index is 0.00764. The van der Waals surface area contributed by atoms with Crippen molar-refractivity contribution in [2.45, 2.75) is 33.6 Å². The molecule has 1 unspecified atom stereocenters. The Labute approximate surface area is 78.5 Å². The van der Waals surface area contributed by atoms with Gasteiger partial charge in [-0.05, 0) is 13.3 Å². The molecule has 0 bridgehead atoms. The number of hydrogen-bond donors (Lipinski definition) is 1. The molecule has 0 saturated carbocycles. The Morgan fingerprint density at radius 2 is 1.92 bits per heavy atom. The molecule has 3 heteroatoms. The van der Waals surface area contributed by atoms with Crippen molar-refractivity contribution in [1.82, 2.24) is 0 Å². The Morgan fingerprint density at radius 1 is 1.46 bits per heavy atom. The van der Waals surface area contributed by atoms with E-state index in [1.165, 1.54) is 6.92 Å². The standard InChI is InChI=1S/C10H16O3/c1-5-10(4,6-7(2)11)8(3)9(12)13/h3,5-6H2,1-2,4H3,(H,12,13). The zero-order valence-electron chi connectivity index (χ0n) is 8.39. The topological polar surface area (TPSA) is 54.4 Å². The van der Waals surface area contributed by atoms with Crippen LogP contribution in [-0.4, -0.2) is 16.9 Å². The number of rotatable bonds is 5. The zero-order valence-corrected chi connectivity index (χ0v) is 8.39. The average molecular weight is 184 g/mol. The van der Waals surface area contributed by atoms with Crippen LogP contribution in [0.3, 0.4) is 0 Å². The molecule has 3 nitrogen and oxygen atoms in total. The Balaban J connectivity index is 4.72. The van der Waals surface area contributed by atoms with Crippen molar-refractivity contribution in [2.24, 2.45) is 5.41 Å². The number of Topliss-reactive ketones (excluding diaryl/α,β-unsaturated/α-hetero) is 1. The summed E-state index contributed by atoms with van der Waals surface area (Å²) in [7, 11) is 0. The molecule has 0 saturated heterocycles. The molecule has 0 spiro atoms. The quantitative estimate of drug-likeness (QED) is 0.665. The van der Waals surface area contributed by atoms with Gasteiger partial charge in [-0.1, -0.05) is 20.4 Å². The van der Waals surface area contributed by atoms with Crippen molar-refractivity contribution in [3.05, 3.63) is 12.2 Å². The SMILES string of the molecule is C=C(C(=O)O)C(C)(CC)CC(C)=O. The molecule has 0 rings (SSSR count). The predicted molar refractivity (Wildman–Crippen MR) is 50.5 cm³/mol. The van der Waals surface area contributed by atoms with E-state index in [4.69, 9.17) is 5.11 Å². The van der Waals surface area contributed by atoms with Gasteiger partial charge in [-0.25, -0.2) is 4.79 Å². The van der Waals surface area contributed by atoms with E-state index in [-0.39, 0.29) is 17.8 Å². The van der Waals surface area contributed by atoms with E-state index < -0.39 is 11.4 Å². The van der Waals surface area contributed by atoms with Gasteiger partial charge in [0.05, 0.1) is 0 Å². The summed E-state index contributed by atoms with van der Waals surface area (Å²) < 4.78 is 0. The Hall–Kier alpha value is -1.12. The minimum atomic E-state index is -1.02. The van der Waals surface area contributed by atoms with Crippen molar-refractivity contribution in [2.75, 3.05) is 0 Å². The van der Waals surface area contributed by atoms with Gasteiger partial charge in [0.25, 0.3) is 0 Å². The molecule has 13 heavy (non-hydrogen) atoms. The van der Waals surface area contributed by atoms with Gasteiger partial charge in [-0.2, -0.15) is 0 Å². The van der Waals surface area contributed by atoms with Gasteiger partial charge in [-0.3, -0.25) is 4.79 Å². The van der Waals surface area contributed by atoms with Crippen LogP contribution in [0.5, 0.6) is 0 Å². The molecular formula is C10H16O3. The highest BCUT2D eigenvalue weighted by molar-refractivity contribution is 5.89. The molecule has 0 aliphatic heterocycles. The van der Waals surface area contributed by atoms with E-state index in [0.717, 1.165) is 0 Å². The fraction of sp³-hybridized carbons (Fsp3) is 0.600. The van der Waals surface area contributed by atoms with Crippen LogP contribution in [0.15, 0.2) is 12.2 Å². The first kappa shape index (κ1) is 11.9. The van der Waals surface area contributed by atoms with Crippen LogP contribution < -0.4 is 0 Å². The smallest absolute Gasteiger partial charge is 0.331 e. The largest absolute Gasteiger partial charge is 0.478 e.